The highest BCUT2D eigenvalue weighted by atomic mass is 35.5. The predicted molar refractivity (Wildman–Crippen MR) is 87.9 cm³/mol. The highest BCUT2D eigenvalue weighted by Gasteiger charge is 2.04. The van der Waals surface area contributed by atoms with Crippen LogP contribution < -0.4 is 4.74 Å². The molecule has 0 spiro atoms. The third kappa shape index (κ3) is 6.67. The molecule has 20 heavy (non-hydrogen) atoms. The minimum atomic E-state index is 0.357. The second-order valence-electron chi connectivity index (χ2n) is 4.76. The molecule has 0 fully saturated rings. The number of unbranched alkanes of at least 4 members (excludes halogenated alkanes) is 2. The van der Waals surface area contributed by atoms with Crippen LogP contribution in [0.2, 0.25) is 5.02 Å². The van der Waals surface area contributed by atoms with E-state index in [1.165, 1.54) is 0 Å². The molecule has 0 saturated heterocycles. The molecule has 1 aromatic carbocycles. The topological polar surface area (TPSA) is 26.3 Å². The number of hydrogen-bond donors (Lipinski definition) is 0. The van der Waals surface area contributed by atoms with E-state index < -0.39 is 0 Å². The van der Waals surface area contributed by atoms with Gasteiger partial charge in [-0.25, -0.2) is 0 Å². The van der Waals surface area contributed by atoms with Gasteiger partial charge in [-0.05, 0) is 49.3 Å². The molecule has 1 rings (SSSR count). The lowest BCUT2D eigenvalue weighted by atomic mass is 10.0. The van der Waals surface area contributed by atoms with Gasteiger partial charge in [0.1, 0.15) is 17.5 Å². The van der Waals surface area contributed by atoms with E-state index >= 15 is 0 Å². The molecule has 1 aromatic rings. The largest absolute Gasteiger partial charge is 0.483 e. The molecule has 0 aromatic heterocycles. The lowest BCUT2D eigenvalue weighted by Gasteiger charge is -2.09. The summed E-state index contributed by atoms with van der Waals surface area (Å²) in [6, 6.07) is 5.82. The monoisotopic (exact) mass is 314 g/mol. The van der Waals surface area contributed by atoms with Crippen LogP contribution in [-0.4, -0.2) is 18.0 Å². The molecule has 2 nitrogen and oxygen atoms in total. The summed E-state index contributed by atoms with van der Waals surface area (Å²) >= 11 is 7.85. The van der Waals surface area contributed by atoms with Gasteiger partial charge in [0.2, 0.25) is 0 Å². The van der Waals surface area contributed by atoms with Gasteiger partial charge in [0.15, 0.2) is 0 Å². The third-order valence-electron chi connectivity index (χ3n) is 3.16. The maximum absolute atomic E-state index is 11.2. The second-order valence-corrected chi connectivity index (χ2v) is 5.98. The van der Waals surface area contributed by atoms with Crippen molar-refractivity contribution in [2.45, 2.75) is 45.4 Å². The van der Waals surface area contributed by atoms with Gasteiger partial charge in [-0.15, -0.1) is 11.8 Å². The normalized spacial score (nSPS) is 10.6. The first kappa shape index (κ1) is 17.4. The van der Waals surface area contributed by atoms with Crippen molar-refractivity contribution in [3.05, 3.63) is 28.8 Å². The molecule has 4 heteroatoms. The van der Waals surface area contributed by atoms with Crippen LogP contribution in [0.15, 0.2) is 18.2 Å². The maximum Gasteiger partial charge on any atom is 0.133 e. The summed E-state index contributed by atoms with van der Waals surface area (Å²) in [5.74, 6) is 1.88. The van der Waals surface area contributed by atoms with Gasteiger partial charge in [0.05, 0.1) is 0 Å². The van der Waals surface area contributed by atoms with Crippen LogP contribution in [0, 0.1) is 0 Å². The Hall–Kier alpha value is -0.670. The zero-order valence-corrected chi connectivity index (χ0v) is 13.9. The van der Waals surface area contributed by atoms with E-state index in [1.807, 2.05) is 31.4 Å². The Labute approximate surface area is 131 Å². The van der Waals surface area contributed by atoms with Crippen LogP contribution in [0.5, 0.6) is 5.75 Å². The lowest BCUT2D eigenvalue weighted by molar-refractivity contribution is -0.118. The van der Waals surface area contributed by atoms with Gasteiger partial charge in [0, 0.05) is 17.9 Å². The molecule has 0 radical (unpaired) electrons. The van der Waals surface area contributed by atoms with E-state index in [-0.39, 0.29) is 0 Å². The number of Topliss-reactive ketones (excluding diaryl/α,β-unsaturated/α-hetero) is 1. The molecule has 0 unspecified atom stereocenters. The van der Waals surface area contributed by atoms with E-state index in [4.69, 9.17) is 16.3 Å². The maximum atomic E-state index is 11.2. The van der Waals surface area contributed by atoms with Crippen molar-refractivity contribution < 1.29 is 9.53 Å². The number of carbonyl (C=O) groups excluding carboxylic acids is 1. The van der Waals surface area contributed by atoms with Crippen LogP contribution in [0.4, 0.5) is 0 Å². The highest BCUT2D eigenvalue weighted by Crippen LogP contribution is 2.24. The van der Waals surface area contributed by atoms with Crippen molar-refractivity contribution in [3.8, 4) is 5.75 Å². The Bertz CT molecular complexity index is 421. The molecule has 0 heterocycles. The number of carbonyl (C=O) groups is 1. The average Bonchev–Trinajstić information content (AvgIpc) is 2.46. The Morgan fingerprint density at radius 1 is 1.30 bits per heavy atom. The van der Waals surface area contributed by atoms with E-state index in [0.717, 1.165) is 42.0 Å². The molecule has 0 bridgehead atoms. The lowest BCUT2D eigenvalue weighted by Crippen LogP contribution is -1.96. The number of rotatable bonds is 10. The van der Waals surface area contributed by atoms with Crippen LogP contribution >= 0.6 is 23.4 Å². The number of thioether (sulfide) groups is 1. The van der Waals surface area contributed by atoms with Crippen molar-refractivity contribution in [3.63, 3.8) is 0 Å². The Morgan fingerprint density at radius 2 is 2.10 bits per heavy atom. The summed E-state index contributed by atoms with van der Waals surface area (Å²) in [5.41, 5.74) is 1.13. The fraction of sp³-hybridized carbons (Fsp3) is 0.562. The summed E-state index contributed by atoms with van der Waals surface area (Å²) in [6.45, 7) is 1.92. The summed E-state index contributed by atoms with van der Waals surface area (Å²) in [6.07, 6.45) is 7.42. The van der Waals surface area contributed by atoms with Gasteiger partial charge in [-0.3, -0.25) is 4.79 Å². The van der Waals surface area contributed by atoms with Crippen LogP contribution in [0.25, 0.3) is 0 Å². The summed E-state index contributed by atoms with van der Waals surface area (Å²) in [4.78, 5) is 11.2. The quantitative estimate of drug-likeness (QED) is 0.443. The SMILES string of the molecule is CCC(=O)CCCCCc1cc(OCSC)ccc1Cl. The first-order valence-corrected chi connectivity index (χ1v) is 8.86. The van der Waals surface area contributed by atoms with Crippen molar-refractivity contribution in [1.82, 2.24) is 0 Å². The Balaban J connectivity index is 2.36. The highest BCUT2D eigenvalue weighted by molar-refractivity contribution is 7.98. The van der Waals surface area contributed by atoms with E-state index in [1.54, 1.807) is 11.8 Å². The van der Waals surface area contributed by atoms with Gasteiger partial charge in [0.25, 0.3) is 0 Å². The van der Waals surface area contributed by atoms with E-state index in [0.29, 0.717) is 24.6 Å². The predicted octanol–water partition coefficient (Wildman–Crippen LogP) is 5.12. The van der Waals surface area contributed by atoms with Gasteiger partial charge in [-0.1, -0.05) is 24.9 Å². The number of benzene rings is 1. The first-order valence-electron chi connectivity index (χ1n) is 7.09. The van der Waals surface area contributed by atoms with E-state index in [9.17, 15) is 4.79 Å². The molecule has 0 saturated carbocycles. The zero-order chi connectivity index (χ0) is 14.8. The van der Waals surface area contributed by atoms with Crippen molar-refractivity contribution in [2.24, 2.45) is 0 Å². The fourth-order valence-electron chi connectivity index (χ4n) is 1.95. The van der Waals surface area contributed by atoms with Crippen molar-refractivity contribution >= 4 is 29.1 Å². The molecule has 0 aliphatic rings. The standard InChI is InChI=1S/C16H23ClO2S/c1-3-14(18)8-6-4-5-7-13-11-15(19-12-20-2)9-10-16(13)17/h9-11H,3-8,12H2,1-2H3. The minimum Gasteiger partial charge on any atom is -0.483 e. The number of ether oxygens (including phenoxy) is 1. The van der Waals surface area contributed by atoms with Crippen LogP contribution in [0.1, 0.15) is 44.6 Å². The summed E-state index contributed by atoms with van der Waals surface area (Å²) in [7, 11) is 0. The van der Waals surface area contributed by atoms with Crippen molar-refractivity contribution in [2.75, 3.05) is 12.2 Å². The van der Waals surface area contributed by atoms with Gasteiger partial charge >= 0.3 is 0 Å². The number of ketones is 1. The van der Waals surface area contributed by atoms with Gasteiger partial charge < -0.3 is 4.74 Å². The Morgan fingerprint density at radius 3 is 2.80 bits per heavy atom. The fourth-order valence-corrected chi connectivity index (χ4v) is 2.42. The zero-order valence-electron chi connectivity index (χ0n) is 12.3. The second kappa shape index (κ2) is 10.1. The third-order valence-corrected chi connectivity index (χ3v) is 3.88. The summed E-state index contributed by atoms with van der Waals surface area (Å²) < 4.78 is 5.58. The smallest absolute Gasteiger partial charge is 0.133 e. The molecule has 0 N–H and O–H groups in total. The molecule has 0 atom stereocenters. The van der Waals surface area contributed by atoms with Crippen LogP contribution in [0.3, 0.4) is 0 Å². The number of aryl methyl sites for hydroxylation is 1. The molecule has 0 aliphatic heterocycles. The van der Waals surface area contributed by atoms with E-state index in [2.05, 4.69) is 0 Å². The molecular formula is C16H23ClO2S. The number of halogens is 1. The van der Waals surface area contributed by atoms with Crippen molar-refractivity contribution in [1.29, 1.82) is 0 Å². The van der Waals surface area contributed by atoms with Gasteiger partial charge in [-0.2, -0.15) is 0 Å². The molecule has 0 aliphatic carbocycles. The Kier molecular flexibility index (Phi) is 8.79. The minimum absolute atomic E-state index is 0.357. The molecule has 0 amide bonds. The average molecular weight is 315 g/mol. The number of hydrogen-bond acceptors (Lipinski definition) is 3. The summed E-state index contributed by atoms with van der Waals surface area (Å²) in [5, 5.41) is 0.797. The molecule has 112 valence electrons. The van der Waals surface area contributed by atoms with Crippen LogP contribution in [-0.2, 0) is 11.2 Å². The first-order chi connectivity index (χ1) is 9.67. The molecular weight excluding hydrogens is 292 g/mol.